The van der Waals surface area contributed by atoms with Crippen LogP contribution in [0.3, 0.4) is 0 Å². The Morgan fingerprint density at radius 1 is 1.73 bits per heavy atom. The van der Waals surface area contributed by atoms with E-state index in [1.807, 2.05) is 20.0 Å². The lowest BCUT2D eigenvalue weighted by Crippen LogP contribution is -2.12. The fourth-order valence-corrected chi connectivity index (χ4v) is 1.26. The molecule has 1 heterocycles. The Hall–Kier alpha value is -0.830. The van der Waals surface area contributed by atoms with E-state index in [-0.39, 0.29) is 6.04 Å². The summed E-state index contributed by atoms with van der Waals surface area (Å²) in [7, 11) is 0. The van der Waals surface area contributed by atoms with Gasteiger partial charge in [0.25, 0.3) is 0 Å². The van der Waals surface area contributed by atoms with Gasteiger partial charge in [-0.25, -0.2) is 4.98 Å². The molecule has 0 aliphatic rings. The van der Waals surface area contributed by atoms with Crippen LogP contribution in [0.5, 0.6) is 0 Å². The van der Waals surface area contributed by atoms with Gasteiger partial charge in [0, 0.05) is 12.6 Å². The van der Waals surface area contributed by atoms with Gasteiger partial charge in [0.2, 0.25) is 0 Å². The van der Waals surface area contributed by atoms with E-state index in [9.17, 15) is 0 Å². The molecule has 0 aliphatic heterocycles. The summed E-state index contributed by atoms with van der Waals surface area (Å²) in [6, 6.07) is 0.0798. The molecule has 0 saturated heterocycles. The van der Waals surface area contributed by atoms with Crippen molar-refractivity contribution in [2.24, 2.45) is 5.73 Å². The molecule has 3 nitrogen and oxygen atoms in total. The number of rotatable bonds is 2. The number of aromatic nitrogens is 2. The summed E-state index contributed by atoms with van der Waals surface area (Å²) in [6.45, 7) is 7.02. The van der Waals surface area contributed by atoms with Crippen LogP contribution in [0.2, 0.25) is 0 Å². The quantitative estimate of drug-likeness (QED) is 0.694. The number of imidazole rings is 1. The van der Waals surface area contributed by atoms with E-state index in [0.717, 1.165) is 18.1 Å². The average molecular weight is 153 g/mol. The number of nitrogens with two attached hydrogens (primary N) is 1. The molecular formula is C8H15N3. The van der Waals surface area contributed by atoms with Gasteiger partial charge in [-0.2, -0.15) is 0 Å². The Morgan fingerprint density at radius 2 is 2.36 bits per heavy atom. The Bertz CT molecular complexity index is 237. The highest BCUT2D eigenvalue weighted by atomic mass is 15.1. The molecule has 0 bridgehead atoms. The zero-order chi connectivity index (χ0) is 8.43. The summed E-state index contributed by atoms with van der Waals surface area (Å²) in [5.41, 5.74) is 6.86. The van der Waals surface area contributed by atoms with Gasteiger partial charge >= 0.3 is 0 Å². The van der Waals surface area contributed by atoms with Gasteiger partial charge in [-0.05, 0) is 20.8 Å². The van der Waals surface area contributed by atoms with Crippen molar-refractivity contribution in [1.82, 2.24) is 9.55 Å². The molecule has 1 rings (SSSR count). The van der Waals surface area contributed by atoms with Gasteiger partial charge in [0.15, 0.2) is 0 Å². The van der Waals surface area contributed by atoms with Crippen LogP contribution in [0.1, 0.15) is 31.4 Å². The molecular weight excluding hydrogens is 138 g/mol. The molecule has 3 heteroatoms. The van der Waals surface area contributed by atoms with Gasteiger partial charge in [0.05, 0.1) is 11.9 Å². The zero-order valence-electron chi connectivity index (χ0n) is 7.33. The molecule has 1 unspecified atom stereocenters. The average Bonchev–Trinajstić information content (AvgIpc) is 2.30. The van der Waals surface area contributed by atoms with Crippen LogP contribution >= 0.6 is 0 Å². The largest absolute Gasteiger partial charge is 0.331 e. The Kier molecular flexibility index (Phi) is 2.29. The van der Waals surface area contributed by atoms with E-state index in [1.165, 1.54) is 0 Å². The van der Waals surface area contributed by atoms with E-state index in [4.69, 9.17) is 5.73 Å². The second-order valence-corrected chi connectivity index (χ2v) is 2.76. The van der Waals surface area contributed by atoms with Crippen LogP contribution < -0.4 is 5.73 Å². The van der Waals surface area contributed by atoms with E-state index in [0.29, 0.717) is 0 Å². The molecule has 0 fully saturated rings. The van der Waals surface area contributed by atoms with Crippen LogP contribution in [0.4, 0.5) is 0 Å². The highest BCUT2D eigenvalue weighted by Crippen LogP contribution is 2.11. The van der Waals surface area contributed by atoms with Crippen molar-refractivity contribution in [3.63, 3.8) is 0 Å². The molecule has 0 aliphatic carbocycles. The molecule has 0 saturated carbocycles. The Morgan fingerprint density at radius 3 is 2.73 bits per heavy atom. The first-order valence-corrected chi connectivity index (χ1v) is 3.94. The van der Waals surface area contributed by atoms with Crippen molar-refractivity contribution in [1.29, 1.82) is 0 Å². The number of aryl methyl sites for hydroxylation is 1. The molecule has 1 aromatic heterocycles. The maximum atomic E-state index is 5.74. The highest BCUT2D eigenvalue weighted by molar-refractivity contribution is 5.07. The standard InChI is InChI=1S/C8H15N3/c1-4-11-7(3)10-5-8(11)6(2)9/h5-6H,4,9H2,1-3H3. The SMILES string of the molecule is CCn1c(C(C)N)cnc1C. The summed E-state index contributed by atoms with van der Waals surface area (Å²) >= 11 is 0. The normalized spacial score (nSPS) is 13.5. The topological polar surface area (TPSA) is 43.8 Å². The monoisotopic (exact) mass is 153 g/mol. The second kappa shape index (κ2) is 3.05. The minimum absolute atomic E-state index is 0.0798. The smallest absolute Gasteiger partial charge is 0.105 e. The fraction of sp³-hybridized carbons (Fsp3) is 0.625. The van der Waals surface area contributed by atoms with Crippen molar-refractivity contribution in [2.75, 3.05) is 0 Å². The Balaban J connectivity index is 3.05. The molecule has 0 aromatic carbocycles. The first-order chi connectivity index (χ1) is 5.16. The van der Waals surface area contributed by atoms with Gasteiger partial charge in [-0.15, -0.1) is 0 Å². The van der Waals surface area contributed by atoms with E-state index >= 15 is 0 Å². The summed E-state index contributed by atoms with van der Waals surface area (Å²) in [4.78, 5) is 4.19. The third-order valence-electron chi connectivity index (χ3n) is 1.87. The van der Waals surface area contributed by atoms with Crippen molar-refractivity contribution in [3.8, 4) is 0 Å². The minimum Gasteiger partial charge on any atom is -0.331 e. The zero-order valence-corrected chi connectivity index (χ0v) is 7.33. The summed E-state index contributed by atoms with van der Waals surface area (Å²) in [5.74, 6) is 1.04. The number of hydrogen-bond donors (Lipinski definition) is 1. The van der Waals surface area contributed by atoms with Gasteiger partial charge in [0.1, 0.15) is 5.82 Å². The van der Waals surface area contributed by atoms with Crippen LogP contribution in [-0.4, -0.2) is 9.55 Å². The lowest BCUT2D eigenvalue weighted by molar-refractivity contribution is 0.641. The fourth-order valence-electron chi connectivity index (χ4n) is 1.26. The van der Waals surface area contributed by atoms with Gasteiger partial charge < -0.3 is 10.3 Å². The van der Waals surface area contributed by atoms with Crippen molar-refractivity contribution >= 4 is 0 Å². The lowest BCUT2D eigenvalue weighted by atomic mass is 10.3. The summed E-state index contributed by atoms with van der Waals surface area (Å²) < 4.78 is 2.13. The maximum Gasteiger partial charge on any atom is 0.105 e. The van der Waals surface area contributed by atoms with Crippen LogP contribution in [0, 0.1) is 6.92 Å². The maximum absolute atomic E-state index is 5.74. The molecule has 11 heavy (non-hydrogen) atoms. The van der Waals surface area contributed by atoms with Crippen molar-refractivity contribution < 1.29 is 0 Å². The highest BCUT2D eigenvalue weighted by Gasteiger charge is 2.07. The first-order valence-electron chi connectivity index (χ1n) is 3.94. The van der Waals surface area contributed by atoms with Gasteiger partial charge in [-0.3, -0.25) is 0 Å². The van der Waals surface area contributed by atoms with E-state index in [2.05, 4.69) is 16.5 Å². The van der Waals surface area contributed by atoms with Crippen LogP contribution in [-0.2, 0) is 6.54 Å². The van der Waals surface area contributed by atoms with Crippen LogP contribution in [0.25, 0.3) is 0 Å². The predicted molar refractivity (Wildman–Crippen MR) is 45.2 cm³/mol. The third kappa shape index (κ3) is 1.43. The lowest BCUT2D eigenvalue weighted by Gasteiger charge is -2.09. The third-order valence-corrected chi connectivity index (χ3v) is 1.87. The second-order valence-electron chi connectivity index (χ2n) is 2.76. The molecule has 62 valence electrons. The number of nitrogens with zero attached hydrogens (tertiary/aromatic N) is 2. The van der Waals surface area contributed by atoms with E-state index < -0.39 is 0 Å². The Labute approximate surface area is 67.2 Å². The minimum atomic E-state index is 0.0798. The van der Waals surface area contributed by atoms with Gasteiger partial charge in [-0.1, -0.05) is 0 Å². The van der Waals surface area contributed by atoms with E-state index in [1.54, 1.807) is 0 Å². The summed E-state index contributed by atoms with van der Waals surface area (Å²) in [5, 5.41) is 0. The van der Waals surface area contributed by atoms with Crippen LogP contribution in [0.15, 0.2) is 6.20 Å². The first kappa shape index (κ1) is 8.27. The molecule has 1 aromatic rings. The molecule has 0 amide bonds. The molecule has 0 radical (unpaired) electrons. The predicted octanol–water partition coefficient (Wildman–Crippen LogP) is 1.23. The molecule has 0 spiro atoms. The molecule has 2 N–H and O–H groups in total. The molecule has 1 atom stereocenters. The van der Waals surface area contributed by atoms with Crippen molar-refractivity contribution in [2.45, 2.75) is 33.4 Å². The summed E-state index contributed by atoms with van der Waals surface area (Å²) in [6.07, 6.45) is 1.85. The number of hydrogen-bond acceptors (Lipinski definition) is 2. The van der Waals surface area contributed by atoms with Crippen molar-refractivity contribution in [3.05, 3.63) is 17.7 Å².